The third kappa shape index (κ3) is 3.95. The largest absolute Gasteiger partial charge is 0.362 e. The van der Waals surface area contributed by atoms with Crippen molar-refractivity contribution in [3.8, 4) is 0 Å². The minimum absolute atomic E-state index is 0.232. The predicted octanol–water partition coefficient (Wildman–Crippen LogP) is 2.28. The molecule has 0 bridgehead atoms. The van der Waals surface area contributed by atoms with Crippen molar-refractivity contribution in [2.75, 3.05) is 44.8 Å². The fourth-order valence-corrected chi connectivity index (χ4v) is 2.45. The van der Waals surface area contributed by atoms with E-state index in [4.69, 9.17) is 0 Å². The van der Waals surface area contributed by atoms with Gasteiger partial charge in [-0.25, -0.2) is 0 Å². The summed E-state index contributed by atoms with van der Waals surface area (Å²) in [5.41, 5.74) is 2.92. The summed E-state index contributed by atoms with van der Waals surface area (Å²) in [7, 11) is 2.17. The van der Waals surface area contributed by atoms with E-state index in [1.807, 2.05) is 0 Å². The summed E-state index contributed by atoms with van der Waals surface area (Å²) in [6, 6.07) is 8.98. The third-order valence-corrected chi connectivity index (χ3v) is 3.80. The van der Waals surface area contributed by atoms with Gasteiger partial charge in [0.25, 0.3) is 0 Å². The molecule has 1 aliphatic heterocycles. The molecule has 1 N–H and O–H groups in total. The molecule has 2 rings (SSSR count). The quantitative estimate of drug-likeness (QED) is 0.900. The Hall–Kier alpha value is -1.06. The topological polar surface area (TPSA) is 18.5 Å². The molecule has 0 aliphatic carbocycles. The van der Waals surface area contributed by atoms with Gasteiger partial charge in [-0.3, -0.25) is 4.90 Å². The van der Waals surface area contributed by atoms with Crippen LogP contribution in [0.4, 0.5) is 5.69 Å². The lowest BCUT2D eigenvalue weighted by molar-refractivity contribution is 0.243. The second kappa shape index (κ2) is 5.93. The SMILES string of the molecule is CN(CN1CCNCC1)c1ccc(C(C)(C)C)cc1. The van der Waals surface area contributed by atoms with Gasteiger partial charge in [-0.05, 0) is 23.1 Å². The van der Waals surface area contributed by atoms with E-state index < -0.39 is 0 Å². The van der Waals surface area contributed by atoms with E-state index in [1.54, 1.807) is 0 Å². The molecular weight excluding hydrogens is 234 g/mol. The van der Waals surface area contributed by atoms with Crippen molar-refractivity contribution in [2.24, 2.45) is 0 Å². The zero-order valence-electron chi connectivity index (χ0n) is 12.7. The maximum Gasteiger partial charge on any atom is 0.0704 e. The zero-order chi connectivity index (χ0) is 13.9. The van der Waals surface area contributed by atoms with Crippen molar-refractivity contribution in [1.29, 1.82) is 0 Å². The predicted molar refractivity (Wildman–Crippen MR) is 82.9 cm³/mol. The minimum Gasteiger partial charge on any atom is -0.362 e. The Labute approximate surface area is 117 Å². The van der Waals surface area contributed by atoms with Gasteiger partial charge in [0.1, 0.15) is 0 Å². The van der Waals surface area contributed by atoms with Gasteiger partial charge in [-0.15, -0.1) is 0 Å². The minimum atomic E-state index is 0.232. The highest BCUT2D eigenvalue weighted by molar-refractivity contribution is 5.47. The normalized spacial score (nSPS) is 17.5. The monoisotopic (exact) mass is 261 g/mol. The molecule has 1 fully saturated rings. The van der Waals surface area contributed by atoms with Gasteiger partial charge in [-0.1, -0.05) is 32.9 Å². The number of anilines is 1. The van der Waals surface area contributed by atoms with Gasteiger partial charge in [0.05, 0.1) is 6.67 Å². The molecule has 1 aliphatic rings. The standard InChI is InChI=1S/C16H27N3/c1-16(2,3)14-5-7-15(8-6-14)18(4)13-19-11-9-17-10-12-19/h5-8,17H,9-13H2,1-4H3. The van der Waals surface area contributed by atoms with E-state index in [-0.39, 0.29) is 5.41 Å². The Bertz CT molecular complexity index is 385. The first-order valence-electron chi connectivity index (χ1n) is 7.21. The van der Waals surface area contributed by atoms with Gasteiger partial charge < -0.3 is 10.2 Å². The number of hydrogen-bond donors (Lipinski definition) is 1. The van der Waals surface area contributed by atoms with E-state index >= 15 is 0 Å². The molecule has 1 saturated heterocycles. The van der Waals surface area contributed by atoms with Crippen LogP contribution >= 0.6 is 0 Å². The number of rotatable bonds is 3. The summed E-state index contributed by atoms with van der Waals surface area (Å²) in [4.78, 5) is 4.83. The average molecular weight is 261 g/mol. The first kappa shape index (κ1) is 14.4. The molecule has 0 saturated carbocycles. The number of benzene rings is 1. The average Bonchev–Trinajstić information content (AvgIpc) is 2.39. The number of piperazine rings is 1. The van der Waals surface area contributed by atoms with Crippen LogP contribution in [0, 0.1) is 0 Å². The van der Waals surface area contributed by atoms with Crippen LogP contribution in [-0.2, 0) is 5.41 Å². The molecule has 1 aromatic carbocycles. The van der Waals surface area contributed by atoms with Gasteiger partial charge >= 0.3 is 0 Å². The van der Waals surface area contributed by atoms with Gasteiger partial charge in [0, 0.05) is 38.9 Å². The lowest BCUT2D eigenvalue weighted by Crippen LogP contribution is -2.47. The number of nitrogens with one attached hydrogen (secondary N) is 1. The van der Waals surface area contributed by atoms with Gasteiger partial charge in [0.2, 0.25) is 0 Å². The molecule has 1 aromatic rings. The molecule has 19 heavy (non-hydrogen) atoms. The summed E-state index contributed by atoms with van der Waals surface area (Å²) in [5.74, 6) is 0. The maximum atomic E-state index is 3.39. The molecule has 1 heterocycles. The van der Waals surface area contributed by atoms with Gasteiger partial charge in [-0.2, -0.15) is 0 Å². The molecule has 0 radical (unpaired) electrons. The highest BCUT2D eigenvalue weighted by atomic mass is 15.3. The summed E-state index contributed by atoms with van der Waals surface area (Å²) < 4.78 is 0. The molecule has 106 valence electrons. The lowest BCUT2D eigenvalue weighted by atomic mass is 9.87. The molecule has 0 atom stereocenters. The molecule has 0 spiro atoms. The maximum absolute atomic E-state index is 3.39. The Morgan fingerprint density at radius 2 is 1.68 bits per heavy atom. The van der Waals surface area contributed by atoms with Crippen LogP contribution in [0.5, 0.6) is 0 Å². The van der Waals surface area contributed by atoms with E-state index in [0.29, 0.717) is 0 Å². The van der Waals surface area contributed by atoms with E-state index in [1.165, 1.54) is 11.3 Å². The van der Waals surface area contributed by atoms with E-state index in [2.05, 4.69) is 67.2 Å². The summed E-state index contributed by atoms with van der Waals surface area (Å²) in [5, 5.41) is 3.39. The van der Waals surface area contributed by atoms with Crippen molar-refractivity contribution in [1.82, 2.24) is 10.2 Å². The summed E-state index contributed by atoms with van der Waals surface area (Å²) >= 11 is 0. The van der Waals surface area contributed by atoms with Crippen LogP contribution in [0.25, 0.3) is 0 Å². The summed E-state index contributed by atoms with van der Waals surface area (Å²) in [6.45, 7) is 12.3. The van der Waals surface area contributed by atoms with Gasteiger partial charge in [0.15, 0.2) is 0 Å². The third-order valence-electron chi connectivity index (χ3n) is 3.80. The Kier molecular flexibility index (Phi) is 4.48. The first-order chi connectivity index (χ1) is 8.97. The Morgan fingerprint density at radius 1 is 1.11 bits per heavy atom. The highest BCUT2D eigenvalue weighted by Gasteiger charge is 2.15. The molecule has 0 unspecified atom stereocenters. The molecular formula is C16H27N3. The molecule has 3 heteroatoms. The smallest absolute Gasteiger partial charge is 0.0704 e. The highest BCUT2D eigenvalue weighted by Crippen LogP contribution is 2.24. The van der Waals surface area contributed by atoms with Crippen molar-refractivity contribution in [3.63, 3.8) is 0 Å². The fourth-order valence-electron chi connectivity index (χ4n) is 2.45. The van der Waals surface area contributed by atoms with Crippen LogP contribution in [-0.4, -0.2) is 44.8 Å². The second-order valence-electron chi connectivity index (χ2n) is 6.50. The van der Waals surface area contributed by atoms with Crippen molar-refractivity contribution in [2.45, 2.75) is 26.2 Å². The van der Waals surface area contributed by atoms with Crippen molar-refractivity contribution in [3.05, 3.63) is 29.8 Å². The second-order valence-corrected chi connectivity index (χ2v) is 6.50. The number of nitrogens with zero attached hydrogens (tertiary/aromatic N) is 2. The van der Waals surface area contributed by atoms with Crippen LogP contribution in [0.3, 0.4) is 0 Å². The molecule has 0 aromatic heterocycles. The first-order valence-corrected chi connectivity index (χ1v) is 7.21. The van der Waals surface area contributed by atoms with E-state index in [0.717, 1.165) is 32.8 Å². The van der Waals surface area contributed by atoms with Crippen LogP contribution in [0.2, 0.25) is 0 Å². The number of hydrogen-bond acceptors (Lipinski definition) is 3. The van der Waals surface area contributed by atoms with Crippen LogP contribution in [0.15, 0.2) is 24.3 Å². The Balaban J connectivity index is 1.97. The van der Waals surface area contributed by atoms with Crippen molar-refractivity contribution >= 4 is 5.69 Å². The summed E-state index contributed by atoms with van der Waals surface area (Å²) in [6.07, 6.45) is 0. The lowest BCUT2D eigenvalue weighted by Gasteiger charge is -2.32. The molecule has 3 nitrogen and oxygen atoms in total. The van der Waals surface area contributed by atoms with Crippen molar-refractivity contribution < 1.29 is 0 Å². The van der Waals surface area contributed by atoms with Crippen LogP contribution in [0.1, 0.15) is 26.3 Å². The van der Waals surface area contributed by atoms with Crippen LogP contribution < -0.4 is 10.2 Å². The Morgan fingerprint density at radius 3 is 2.21 bits per heavy atom. The fraction of sp³-hybridized carbons (Fsp3) is 0.625. The van der Waals surface area contributed by atoms with E-state index in [9.17, 15) is 0 Å². The zero-order valence-corrected chi connectivity index (χ0v) is 12.7. The molecule has 0 amide bonds.